The first-order valence-corrected chi connectivity index (χ1v) is 7.09. The molecule has 0 aliphatic heterocycles. The number of amides is 2. The summed E-state index contributed by atoms with van der Waals surface area (Å²) in [7, 11) is 3.13. The third-order valence-electron chi connectivity index (χ3n) is 2.52. The second kappa shape index (κ2) is 8.24. The lowest BCUT2D eigenvalue weighted by atomic mass is 10.2. The molecule has 20 heavy (non-hydrogen) atoms. The van der Waals surface area contributed by atoms with Gasteiger partial charge in [-0.25, -0.2) is 0 Å². The maximum atomic E-state index is 12.1. The van der Waals surface area contributed by atoms with E-state index in [0.717, 1.165) is 0 Å². The molecule has 1 rings (SSSR count). The molecule has 5 nitrogen and oxygen atoms in total. The zero-order valence-corrected chi connectivity index (χ0v) is 13.6. The zero-order chi connectivity index (χ0) is 15.1. The highest BCUT2D eigenvalue weighted by atomic mass is 79.9. The van der Waals surface area contributed by atoms with Crippen LogP contribution >= 0.6 is 27.5 Å². The summed E-state index contributed by atoms with van der Waals surface area (Å²) >= 11 is 9.13. The number of hydrogen-bond acceptors (Lipinski definition) is 3. The van der Waals surface area contributed by atoms with Gasteiger partial charge in [0.15, 0.2) is 0 Å². The Balaban J connectivity index is 2.58. The number of carbonyl (C=O) groups excluding carboxylic acids is 2. The third kappa shape index (κ3) is 5.11. The summed E-state index contributed by atoms with van der Waals surface area (Å²) in [4.78, 5) is 25.1. The van der Waals surface area contributed by atoms with Gasteiger partial charge in [-0.05, 0) is 34.1 Å². The van der Waals surface area contributed by atoms with Gasteiger partial charge in [-0.15, -0.1) is 0 Å². The summed E-state index contributed by atoms with van der Waals surface area (Å²) < 4.78 is 5.47. The number of methoxy groups -OCH3 is 1. The van der Waals surface area contributed by atoms with E-state index in [-0.39, 0.29) is 18.4 Å². The fraction of sp³-hybridized carbons (Fsp3) is 0.385. The maximum absolute atomic E-state index is 12.1. The molecule has 1 N–H and O–H groups in total. The van der Waals surface area contributed by atoms with E-state index in [1.54, 1.807) is 32.4 Å². The predicted molar refractivity (Wildman–Crippen MR) is 81.0 cm³/mol. The first-order valence-electron chi connectivity index (χ1n) is 5.92. The minimum Gasteiger partial charge on any atom is -0.383 e. The van der Waals surface area contributed by atoms with Gasteiger partial charge >= 0.3 is 0 Å². The molecule has 1 aromatic carbocycles. The van der Waals surface area contributed by atoms with Crippen molar-refractivity contribution in [3.8, 4) is 0 Å². The fourth-order valence-corrected chi connectivity index (χ4v) is 1.98. The van der Waals surface area contributed by atoms with Gasteiger partial charge < -0.3 is 15.0 Å². The second-order valence-electron chi connectivity index (χ2n) is 4.13. The molecule has 2 amide bonds. The van der Waals surface area contributed by atoms with Crippen LogP contribution in [0.3, 0.4) is 0 Å². The second-order valence-corrected chi connectivity index (χ2v) is 5.39. The van der Waals surface area contributed by atoms with Crippen LogP contribution in [-0.2, 0) is 9.53 Å². The molecule has 0 bridgehead atoms. The summed E-state index contributed by atoms with van der Waals surface area (Å²) in [5.41, 5.74) is 0.466. The van der Waals surface area contributed by atoms with E-state index < -0.39 is 0 Å². The van der Waals surface area contributed by atoms with Crippen LogP contribution in [0, 0.1) is 0 Å². The number of carbonyl (C=O) groups is 2. The molecule has 0 aromatic heterocycles. The Labute approximate surface area is 131 Å². The SMILES string of the molecule is COCCNC(=O)CN(C)C(=O)c1ccc(Cl)c(Br)c1. The highest BCUT2D eigenvalue weighted by molar-refractivity contribution is 9.10. The average molecular weight is 364 g/mol. The van der Waals surface area contributed by atoms with Crippen molar-refractivity contribution >= 4 is 39.3 Å². The molecule has 0 aliphatic carbocycles. The van der Waals surface area contributed by atoms with E-state index in [1.807, 2.05) is 0 Å². The smallest absolute Gasteiger partial charge is 0.254 e. The van der Waals surface area contributed by atoms with E-state index >= 15 is 0 Å². The molecule has 0 saturated carbocycles. The first-order chi connectivity index (χ1) is 9.45. The van der Waals surface area contributed by atoms with Crippen molar-refractivity contribution in [1.82, 2.24) is 10.2 Å². The van der Waals surface area contributed by atoms with Crippen molar-refractivity contribution in [1.29, 1.82) is 0 Å². The Morgan fingerprint density at radius 1 is 1.45 bits per heavy atom. The Morgan fingerprint density at radius 2 is 2.15 bits per heavy atom. The highest BCUT2D eigenvalue weighted by Gasteiger charge is 2.15. The lowest BCUT2D eigenvalue weighted by molar-refractivity contribution is -0.121. The van der Waals surface area contributed by atoms with Crippen molar-refractivity contribution in [2.75, 3.05) is 33.9 Å². The monoisotopic (exact) mass is 362 g/mol. The van der Waals surface area contributed by atoms with Crippen LogP contribution in [0.4, 0.5) is 0 Å². The highest BCUT2D eigenvalue weighted by Crippen LogP contribution is 2.23. The quantitative estimate of drug-likeness (QED) is 0.786. The Morgan fingerprint density at radius 3 is 2.75 bits per heavy atom. The number of nitrogens with zero attached hydrogens (tertiary/aromatic N) is 1. The van der Waals surface area contributed by atoms with Crippen LogP contribution in [-0.4, -0.2) is 50.6 Å². The Kier molecular flexibility index (Phi) is 6.98. The number of ether oxygens (including phenoxy) is 1. The summed E-state index contributed by atoms with van der Waals surface area (Å²) in [5.74, 6) is -0.477. The van der Waals surface area contributed by atoms with Crippen molar-refractivity contribution in [3.63, 3.8) is 0 Å². The molecule has 0 heterocycles. The van der Waals surface area contributed by atoms with Crippen molar-refractivity contribution in [2.24, 2.45) is 0 Å². The third-order valence-corrected chi connectivity index (χ3v) is 3.74. The minimum atomic E-state index is -0.246. The van der Waals surface area contributed by atoms with Crippen LogP contribution in [0.1, 0.15) is 10.4 Å². The van der Waals surface area contributed by atoms with E-state index in [9.17, 15) is 9.59 Å². The number of rotatable bonds is 6. The van der Waals surface area contributed by atoms with Gasteiger partial charge in [0.1, 0.15) is 0 Å². The van der Waals surface area contributed by atoms with Crippen LogP contribution in [0.25, 0.3) is 0 Å². The number of benzene rings is 1. The molecule has 1 aromatic rings. The van der Waals surface area contributed by atoms with Crippen molar-refractivity contribution in [3.05, 3.63) is 33.3 Å². The molecule has 0 atom stereocenters. The van der Waals surface area contributed by atoms with E-state index in [2.05, 4.69) is 21.2 Å². The Hall–Kier alpha value is -1.11. The standard InChI is InChI=1S/C13H16BrClN2O3/c1-17(8-12(18)16-5-6-20-2)13(19)9-3-4-11(15)10(14)7-9/h3-4,7H,5-6,8H2,1-2H3,(H,16,18). The number of nitrogens with one attached hydrogen (secondary N) is 1. The molecular weight excluding hydrogens is 348 g/mol. The fourth-order valence-electron chi connectivity index (χ4n) is 1.49. The van der Waals surface area contributed by atoms with Gasteiger partial charge in [-0.2, -0.15) is 0 Å². The van der Waals surface area contributed by atoms with E-state index in [4.69, 9.17) is 16.3 Å². The number of halogens is 2. The number of hydrogen-bond donors (Lipinski definition) is 1. The molecule has 0 aliphatic rings. The molecule has 0 radical (unpaired) electrons. The lowest BCUT2D eigenvalue weighted by Gasteiger charge is -2.17. The van der Waals surface area contributed by atoms with Gasteiger partial charge in [-0.1, -0.05) is 11.6 Å². The molecule has 0 fully saturated rings. The van der Waals surface area contributed by atoms with E-state index in [1.165, 1.54) is 4.90 Å². The van der Waals surface area contributed by atoms with Crippen LogP contribution in [0.15, 0.2) is 22.7 Å². The van der Waals surface area contributed by atoms with Crippen molar-refractivity contribution < 1.29 is 14.3 Å². The molecule has 0 spiro atoms. The average Bonchev–Trinajstić information content (AvgIpc) is 2.41. The summed E-state index contributed by atoms with van der Waals surface area (Å²) in [5, 5.41) is 3.18. The summed E-state index contributed by atoms with van der Waals surface area (Å²) in [6, 6.07) is 4.88. The number of likely N-dealkylation sites (N-methyl/N-ethyl adjacent to an activating group) is 1. The van der Waals surface area contributed by atoms with Gasteiger partial charge in [0.2, 0.25) is 5.91 Å². The minimum absolute atomic E-state index is 0.0111. The molecule has 110 valence electrons. The predicted octanol–water partition coefficient (Wildman–Crippen LogP) is 1.94. The van der Waals surface area contributed by atoms with Crippen LogP contribution in [0.2, 0.25) is 5.02 Å². The normalized spacial score (nSPS) is 10.2. The first kappa shape index (κ1) is 16.9. The summed E-state index contributed by atoms with van der Waals surface area (Å²) in [6.07, 6.45) is 0. The van der Waals surface area contributed by atoms with Gasteiger partial charge in [0.05, 0.1) is 18.2 Å². The van der Waals surface area contributed by atoms with Crippen LogP contribution in [0.5, 0.6) is 0 Å². The van der Waals surface area contributed by atoms with Crippen LogP contribution < -0.4 is 5.32 Å². The molecule has 0 unspecified atom stereocenters. The molecular formula is C13H16BrClN2O3. The van der Waals surface area contributed by atoms with E-state index in [0.29, 0.717) is 28.2 Å². The van der Waals surface area contributed by atoms with Gasteiger partial charge in [0.25, 0.3) is 5.91 Å². The topological polar surface area (TPSA) is 58.6 Å². The van der Waals surface area contributed by atoms with Gasteiger partial charge in [0, 0.05) is 30.7 Å². The zero-order valence-electron chi connectivity index (χ0n) is 11.3. The summed E-state index contributed by atoms with van der Waals surface area (Å²) in [6.45, 7) is 0.847. The maximum Gasteiger partial charge on any atom is 0.254 e. The molecule has 0 saturated heterocycles. The van der Waals surface area contributed by atoms with Gasteiger partial charge in [-0.3, -0.25) is 9.59 Å². The van der Waals surface area contributed by atoms with Crippen molar-refractivity contribution in [2.45, 2.75) is 0 Å². The molecule has 7 heteroatoms. The largest absolute Gasteiger partial charge is 0.383 e. The lowest BCUT2D eigenvalue weighted by Crippen LogP contribution is -2.39. The Bertz CT molecular complexity index is 497.